The lowest BCUT2D eigenvalue weighted by atomic mass is 10.1. The number of rotatable bonds is 6. The van der Waals surface area contributed by atoms with Crippen LogP contribution in [0.25, 0.3) is 11.3 Å². The van der Waals surface area contributed by atoms with E-state index in [-0.39, 0.29) is 10.8 Å². The Morgan fingerprint density at radius 2 is 1.67 bits per heavy atom. The van der Waals surface area contributed by atoms with Gasteiger partial charge < -0.3 is 5.32 Å². The zero-order valence-corrected chi connectivity index (χ0v) is 17.2. The molecule has 1 aliphatic rings. The molecule has 1 fully saturated rings. The fourth-order valence-electron chi connectivity index (χ4n) is 3.48. The second-order valence-electron chi connectivity index (χ2n) is 7.07. The largest absolute Gasteiger partial charge is 0.348 e. The SMILES string of the molecule is O=C(NCc1cccnc1-c1ccncc1)c1ccc(S(=O)(=O)N2CCCC2)cc1. The molecular weight excluding hydrogens is 400 g/mol. The van der Waals surface area contributed by atoms with E-state index in [1.807, 2.05) is 24.3 Å². The highest BCUT2D eigenvalue weighted by atomic mass is 32.2. The lowest BCUT2D eigenvalue weighted by Crippen LogP contribution is -2.28. The molecule has 8 heteroatoms. The van der Waals surface area contributed by atoms with Crippen LogP contribution in [0.1, 0.15) is 28.8 Å². The van der Waals surface area contributed by atoms with Crippen LogP contribution in [0.2, 0.25) is 0 Å². The summed E-state index contributed by atoms with van der Waals surface area (Å²) < 4.78 is 26.7. The van der Waals surface area contributed by atoms with Gasteiger partial charge in [-0.15, -0.1) is 0 Å². The number of hydrogen-bond donors (Lipinski definition) is 1. The van der Waals surface area contributed by atoms with E-state index < -0.39 is 10.0 Å². The van der Waals surface area contributed by atoms with Gasteiger partial charge in [0.2, 0.25) is 10.0 Å². The molecule has 0 radical (unpaired) electrons. The minimum Gasteiger partial charge on any atom is -0.348 e. The molecule has 3 heterocycles. The van der Waals surface area contributed by atoms with Crippen LogP contribution < -0.4 is 5.32 Å². The minimum absolute atomic E-state index is 0.216. The molecule has 0 saturated carbocycles. The fourth-order valence-corrected chi connectivity index (χ4v) is 5.00. The number of aromatic nitrogens is 2. The highest BCUT2D eigenvalue weighted by Crippen LogP contribution is 2.22. The summed E-state index contributed by atoms with van der Waals surface area (Å²) in [4.78, 5) is 21.2. The van der Waals surface area contributed by atoms with Gasteiger partial charge in [-0.2, -0.15) is 4.31 Å². The molecule has 7 nitrogen and oxygen atoms in total. The van der Waals surface area contributed by atoms with Gasteiger partial charge in [0.1, 0.15) is 0 Å². The van der Waals surface area contributed by atoms with Crippen LogP contribution >= 0.6 is 0 Å². The molecule has 1 N–H and O–H groups in total. The van der Waals surface area contributed by atoms with Crippen molar-refractivity contribution >= 4 is 15.9 Å². The molecule has 30 heavy (non-hydrogen) atoms. The molecule has 0 atom stereocenters. The third-order valence-corrected chi connectivity index (χ3v) is 7.02. The van der Waals surface area contributed by atoms with Crippen LogP contribution in [0.4, 0.5) is 0 Å². The summed E-state index contributed by atoms with van der Waals surface area (Å²) in [5, 5.41) is 2.88. The standard InChI is InChI=1S/C22H22N4O3S/c27-22(18-5-7-20(8-6-18)30(28,29)26-14-1-2-15-26)25-16-19-4-3-11-24-21(19)17-9-12-23-13-10-17/h3-13H,1-2,14-16H2,(H,25,27). The zero-order valence-electron chi connectivity index (χ0n) is 16.4. The predicted octanol–water partition coefficient (Wildman–Crippen LogP) is 2.86. The monoisotopic (exact) mass is 422 g/mol. The van der Waals surface area contributed by atoms with Crippen molar-refractivity contribution in [1.82, 2.24) is 19.6 Å². The first-order chi connectivity index (χ1) is 14.6. The zero-order chi connectivity index (χ0) is 21.0. The number of carbonyl (C=O) groups excluding carboxylic acids is 1. The van der Waals surface area contributed by atoms with Crippen LogP contribution in [0, 0.1) is 0 Å². The first kappa shape index (κ1) is 20.2. The summed E-state index contributed by atoms with van der Waals surface area (Å²) in [5.41, 5.74) is 2.99. The molecule has 2 aromatic heterocycles. The number of hydrogen-bond acceptors (Lipinski definition) is 5. The Bertz CT molecular complexity index is 1130. The molecule has 4 rings (SSSR count). The van der Waals surface area contributed by atoms with Crippen molar-refractivity contribution < 1.29 is 13.2 Å². The minimum atomic E-state index is -3.48. The quantitative estimate of drug-likeness (QED) is 0.659. The van der Waals surface area contributed by atoms with E-state index in [1.165, 1.54) is 16.4 Å². The molecular formula is C22H22N4O3S. The molecule has 154 valence electrons. The van der Waals surface area contributed by atoms with E-state index in [2.05, 4.69) is 15.3 Å². The fraction of sp³-hybridized carbons (Fsp3) is 0.227. The number of amides is 1. The van der Waals surface area contributed by atoms with Gasteiger partial charge in [0.05, 0.1) is 10.6 Å². The van der Waals surface area contributed by atoms with E-state index in [4.69, 9.17) is 0 Å². The Hall–Kier alpha value is -3.10. The van der Waals surface area contributed by atoms with Gasteiger partial charge in [0.15, 0.2) is 0 Å². The molecule has 1 saturated heterocycles. The summed E-state index contributed by atoms with van der Waals surface area (Å²) in [5.74, 6) is -0.273. The Balaban J connectivity index is 1.45. The average molecular weight is 423 g/mol. The summed E-state index contributed by atoms with van der Waals surface area (Å²) in [6.07, 6.45) is 6.87. The van der Waals surface area contributed by atoms with Gasteiger partial charge in [0.25, 0.3) is 5.91 Å². The molecule has 1 aromatic carbocycles. The van der Waals surface area contributed by atoms with Crippen LogP contribution in [-0.2, 0) is 16.6 Å². The van der Waals surface area contributed by atoms with Gasteiger partial charge in [-0.1, -0.05) is 6.07 Å². The molecule has 0 bridgehead atoms. The highest BCUT2D eigenvalue weighted by Gasteiger charge is 2.27. The smallest absolute Gasteiger partial charge is 0.251 e. The Morgan fingerprint density at radius 3 is 2.37 bits per heavy atom. The Kier molecular flexibility index (Phi) is 5.87. The number of carbonyl (C=O) groups is 1. The van der Waals surface area contributed by atoms with Crippen LogP contribution in [-0.4, -0.2) is 41.7 Å². The molecule has 0 spiro atoms. The maximum absolute atomic E-state index is 12.6. The van der Waals surface area contributed by atoms with E-state index in [0.29, 0.717) is 25.2 Å². The van der Waals surface area contributed by atoms with Gasteiger partial charge in [-0.25, -0.2) is 8.42 Å². The normalized spacial score (nSPS) is 14.5. The van der Waals surface area contributed by atoms with Crippen molar-refractivity contribution in [2.24, 2.45) is 0 Å². The Morgan fingerprint density at radius 1 is 0.967 bits per heavy atom. The van der Waals surface area contributed by atoms with Crippen molar-refractivity contribution in [2.75, 3.05) is 13.1 Å². The molecule has 1 aliphatic heterocycles. The van der Waals surface area contributed by atoms with Crippen molar-refractivity contribution in [1.29, 1.82) is 0 Å². The number of nitrogens with one attached hydrogen (secondary N) is 1. The van der Waals surface area contributed by atoms with Crippen molar-refractivity contribution in [3.63, 3.8) is 0 Å². The maximum atomic E-state index is 12.6. The van der Waals surface area contributed by atoms with Crippen molar-refractivity contribution in [3.05, 3.63) is 78.2 Å². The first-order valence-electron chi connectivity index (χ1n) is 9.78. The topological polar surface area (TPSA) is 92.3 Å². The molecule has 0 unspecified atom stereocenters. The number of nitrogens with zero attached hydrogens (tertiary/aromatic N) is 3. The predicted molar refractivity (Wildman–Crippen MR) is 113 cm³/mol. The van der Waals surface area contributed by atoms with Crippen molar-refractivity contribution in [3.8, 4) is 11.3 Å². The lowest BCUT2D eigenvalue weighted by molar-refractivity contribution is 0.0951. The third-order valence-electron chi connectivity index (χ3n) is 5.10. The maximum Gasteiger partial charge on any atom is 0.251 e. The summed E-state index contributed by atoms with van der Waals surface area (Å²) in [6, 6.07) is 13.6. The molecule has 3 aromatic rings. The van der Waals surface area contributed by atoms with Gasteiger partial charge in [0, 0.05) is 49.4 Å². The van der Waals surface area contributed by atoms with Crippen LogP contribution in [0.15, 0.2) is 72.0 Å². The Labute approximate surface area is 175 Å². The first-order valence-corrected chi connectivity index (χ1v) is 11.2. The summed E-state index contributed by atoms with van der Waals surface area (Å²) in [6.45, 7) is 1.41. The van der Waals surface area contributed by atoms with Crippen molar-refractivity contribution in [2.45, 2.75) is 24.3 Å². The lowest BCUT2D eigenvalue weighted by Gasteiger charge is -2.15. The van der Waals surface area contributed by atoms with E-state index in [1.54, 1.807) is 30.7 Å². The summed E-state index contributed by atoms with van der Waals surface area (Å²) >= 11 is 0. The number of pyridine rings is 2. The van der Waals surface area contributed by atoms with E-state index in [9.17, 15) is 13.2 Å². The van der Waals surface area contributed by atoms with Gasteiger partial charge in [-0.3, -0.25) is 14.8 Å². The van der Waals surface area contributed by atoms with E-state index >= 15 is 0 Å². The van der Waals surface area contributed by atoms with E-state index in [0.717, 1.165) is 29.7 Å². The molecule has 0 aliphatic carbocycles. The molecule has 1 amide bonds. The third kappa shape index (κ3) is 4.24. The number of benzene rings is 1. The number of sulfonamides is 1. The average Bonchev–Trinajstić information content (AvgIpc) is 3.34. The van der Waals surface area contributed by atoms with Gasteiger partial charge >= 0.3 is 0 Å². The second kappa shape index (κ2) is 8.73. The van der Waals surface area contributed by atoms with Crippen LogP contribution in [0.3, 0.4) is 0 Å². The van der Waals surface area contributed by atoms with Gasteiger partial charge in [-0.05, 0) is 60.9 Å². The highest BCUT2D eigenvalue weighted by molar-refractivity contribution is 7.89. The summed E-state index contributed by atoms with van der Waals surface area (Å²) in [7, 11) is -3.48. The second-order valence-corrected chi connectivity index (χ2v) is 9.00. The van der Waals surface area contributed by atoms with Crippen LogP contribution in [0.5, 0.6) is 0 Å².